The van der Waals surface area contributed by atoms with Crippen LogP contribution in [0.5, 0.6) is 11.5 Å². The average molecular weight is 619 g/mol. The fourth-order valence-electron chi connectivity index (χ4n) is 5.17. The number of methoxy groups -OCH3 is 1. The molecule has 0 unspecified atom stereocenters. The fraction of sp³-hybridized carbons (Fsp3) is 0.333. The van der Waals surface area contributed by atoms with E-state index in [-0.39, 0.29) is 28.0 Å². The summed E-state index contributed by atoms with van der Waals surface area (Å²) in [7, 11) is -2.66. The number of benzene rings is 2. The van der Waals surface area contributed by atoms with Crippen LogP contribution in [-0.4, -0.2) is 27.1 Å². The maximum atomic E-state index is 13.1. The highest BCUT2D eigenvalue weighted by molar-refractivity contribution is 14.1. The summed E-state index contributed by atoms with van der Waals surface area (Å²) in [5.41, 5.74) is 4.69. The molecule has 0 aromatic heterocycles. The Kier molecular flexibility index (Phi) is 6.71. The number of carbonyl (C=O) groups excluding carboxylic acids is 2. The van der Waals surface area contributed by atoms with E-state index in [2.05, 4.69) is 5.32 Å². The first-order valence-electron chi connectivity index (χ1n) is 11.9. The SMILES string of the molecule is COc1cc(C2C3=C(CCCC3=O)NC3=C2C(=O)CCC3)cc(I)c1OS(=O)(=O)c1ccc(C)cc1. The second kappa shape index (κ2) is 9.66. The fourth-order valence-corrected chi connectivity index (χ4v) is 7.01. The van der Waals surface area contributed by atoms with Crippen LogP contribution in [-0.2, 0) is 19.7 Å². The van der Waals surface area contributed by atoms with Gasteiger partial charge in [0.05, 0.1) is 10.7 Å². The summed E-state index contributed by atoms with van der Waals surface area (Å²) in [5, 5.41) is 3.41. The van der Waals surface area contributed by atoms with Crippen molar-refractivity contribution >= 4 is 44.3 Å². The van der Waals surface area contributed by atoms with Gasteiger partial charge in [0.25, 0.3) is 0 Å². The Morgan fingerprint density at radius 3 is 2.06 bits per heavy atom. The number of ether oxygens (including phenoxy) is 1. The van der Waals surface area contributed by atoms with Gasteiger partial charge in [0.1, 0.15) is 4.90 Å². The molecule has 36 heavy (non-hydrogen) atoms. The van der Waals surface area contributed by atoms with E-state index < -0.39 is 16.0 Å². The zero-order valence-electron chi connectivity index (χ0n) is 20.0. The largest absolute Gasteiger partial charge is 0.493 e. The lowest BCUT2D eigenvalue weighted by Crippen LogP contribution is -2.36. The molecule has 0 fully saturated rings. The lowest BCUT2D eigenvalue weighted by Gasteiger charge is -2.37. The summed E-state index contributed by atoms with van der Waals surface area (Å²) >= 11 is 2.01. The van der Waals surface area contributed by atoms with Gasteiger partial charge in [-0.15, -0.1) is 0 Å². The molecule has 5 rings (SSSR count). The third kappa shape index (κ3) is 4.47. The number of ketones is 2. The van der Waals surface area contributed by atoms with Gasteiger partial charge in [-0.25, -0.2) is 0 Å². The molecule has 9 heteroatoms. The van der Waals surface area contributed by atoms with Gasteiger partial charge in [0.15, 0.2) is 23.1 Å². The number of hydrogen-bond acceptors (Lipinski definition) is 7. The monoisotopic (exact) mass is 619 g/mol. The lowest BCUT2D eigenvalue weighted by molar-refractivity contribution is -0.117. The summed E-state index contributed by atoms with van der Waals surface area (Å²) in [6.45, 7) is 1.87. The third-order valence-corrected chi connectivity index (χ3v) is 8.92. The van der Waals surface area contributed by atoms with E-state index in [0.29, 0.717) is 33.1 Å². The minimum atomic E-state index is -4.10. The van der Waals surface area contributed by atoms with Crippen molar-refractivity contribution in [3.63, 3.8) is 0 Å². The molecule has 2 aromatic carbocycles. The van der Waals surface area contributed by atoms with Gasteiger partial charge < -0.3 is 14.2 Å². The number of dihydropyridines is 1. The number of aryl methyl sites for hydroxylation is 1. The van der Waals surface area contributed by atoms with Crippen molar-refractivity contribution in [2.75, 3.05) is 7.11 Å². The van der Waals surface area contributed by atoms with Crippen molar-refractivity contribution in [1.29, 1.82) is 0 Å². The molecule has 2 aliphatic carbocycles. The summed E-state index contributed by atoms with van der Waals surface area (Å²) in [6, 6.07) is 9.89. The molecule has 188 valence electrons. The molecule has 7 nitrogen and oxygen atoms in total. The Labute approximate surface area is 224 Å². The van der Waals surface area contributed by atoms with Gasteiger partial charge in [-0.2, -0.15) is 8.42 Å². The molecule has 0 radical (unpaired) electrons. The normalized spacial score (nSPS) is 18.5. The molecule has 0 amide bonds. The Hall–Kier alpha value is -2.66. The molecule has 1 N–H and O–H groups in total. The van der Waals surface area contributed by atoms with Crippen molar-refractivity contribution in [1.82, 2.24) is 5.32 Å². The van der Waals surface area contributed by atoms with Crippen LogP contribution in [0.1, 0.15) is 55.6 Å². The van der Waals surface area contributed by atoms with E-state index in [0.717, 1.165) is 42.6 Å². The number of nitrogens with one attached hydrogen (secondary N) is 1. The van der Waals surface area contributed by atoms with Gasteiger partial charge in [-0.1, -0.05) is 17.7 Å². The molecule has 0 spiro atoms. The van der Waals surface area contributed by atoms with Crippen molar-refractivity contribution in [2.24, 2.45) is 0 Å². The second-order valence-electron chi connectivity index (χ2n) is 9.28. The average Bonchev–Trinajstić information content (AvgIpc) is 2.84. The van der Waals surface area contributed by atoms with Crippen LogP contribution in [0.25, 0.3) is 0 Å². The van der Waals surface area contributed by atoms with Gasteiger partial charge in [0.2, 0.25) is 0 Å². The first-order valence-corrected chi connectivity index (χ1v) is 14.4. The number of rotatable bonds is 5. The van der Waals surface area contributed by atoms with Crippen molar-refractivity contribution < 1.29 is 26.9 Å². The summed E-state index contributed by atoms with van der Waals surface area (Å²) < 4.78 is 37.6. The van der Waals surface area contributed by atoms with Gasteiger partial charge in [-0.05, 0) is 85.0 Å². The van der Waals surface area contributed by atoms with E-state index in [1.165, 1.54) is 19.2 Å². The molecule has 1 heterocycles. The summed E-state index contributed by atoms with van der Waals surface area (Å²) in [4.78, 5) is 26.2. The number of allylic oxidation sites excluding steroid dienone is 4. The van der Waals surface area contributed by atoms with Crippen LogP contribution in [0.3, 0.4) is 0 Å². The van der Waals surface area contributed by atoms with Gasteiger partial charge >= 0.3 is 10.1 Å². The number of halogens is 1. The minimum Gasteiger partial charge on any atom is -0.493 e. The molecule has 3 aliphatic rings. The summed E-state index contributed by atoms with van der Waals surface area (Å²) in [5.74, 6) is -0.140. The van der Waals surface area contributed by atoms with Gasteiger partial charge in [-0.3, -0.25) is 9.59 Å². The molecule has 2 aromatic rings. The molecule has 1 aliphatic heterocycles. The lowest BCUT2D eigenvalue weighted by atomic mass is 9.71. The Morgan fingerprint density at radius 2 is 1.50 bits per heavy atom. The molecule has 0 saturated heterocycles. The first-order chi connectivity index (χ1) is 17.2. The number of carbonyl (C=O) groups is 2. The van der Waals surface area contributed by atoms with Crippen LogP contribution >= 0.6 is 22.6 Å². The van der Waals surface area contributed by atoms with Crippen molar-refractivity contribution in [2.45, 2.75) is 56.3 Å². The van der Waals surface area contributed by atoms with E-state index in [1.54, 1.807) is 24.3 Å². The predicted octanol–water partition coefficient (Wildman–Crippen LogP) is 5.08. The maximum absolute atomic E-state index is 13.1. The highest BCUT2D eigenvalue weighted by Gasteiger charge is 2.40. The first kappa shape index (κ1) is 25.0. The van der Waals surface area contributed by atoms with Crippen LogP contribution in [0.4, 0.5) is 0 Å². The Balaban J connectivity index is 1.61. The number of Topliss-reactive ketones (excluding diaryl/α,β-unsaturated/α-hetero) is 2. The quantitative estimate of drug-likeness (QED) is 0.369. The zero-order chi connectivity index (χ0) is 25.6. The van der Waals surface area contributed by atoms with E-state index >= 15 is 0 Å². The Morgan fingerprint density at radius 1 is 0.917 bits per heavy atom. The van der Waals surface area contributed by atoms with Crippen LogP contribution in [0.15, 0.2) is 63.8 Å². The number of hydrogen-bond donors (Lipinski definition) is 1. The van der Waals surface area contributed by atoms with Crippen LogP contribution in [0, 0.1) is 10.5 Å². The van der Waals surface area contributed by atoms with E-state index in [9.17, 15) is 18.0 Å². The van der Waals surface area contributed by atoms with Crippen molar-refractivity contribution in [3.05, 3.63) is 73.6 Å². The molecular weight excluding hydrogens is 593 g/mol. The smallest absolute Gasteiger partial charge is 0.339 e. The highest BCUT2D eigenvalue weighted by atomic mass is 127. The molecule has 0 atom stereocenters. The maximum Gasteiger partial charge on any atom is 0.339 e. The molecular formula is C27H26INO6S. The third-order valence-electron chi connectivity index (χ3n) is 6.88. The highest BCUT2D eigenvalue weighted by Crippen LogP contribution is 2.47. The topological polar surface area (TPSA) is 98.8 Å². The predicted molar refractivity (Wildman–Crippen MR) is 142 cm³/mol. The van der Waals surface area contributed by atoms with Crippen LogP contribution < -0.4 is 14.2 Å². The standard InChI is InChI=1S/C27H26INO6S/c1-15-9-11-17(12-10-15)36(32,33)35-27-18(28)13-16(14-23(27)34-2)24-25-19(5-3-7-21(25)30)29-20-6-4-8-22(31)26(20)24/h9-14,24,29H,3-8H2,1-2H3. The zero-order valence-corrected chi connectivity index (χ0v) is 23.0. The summed E-state index contributed by atoms with van der Waals surface area (Å²) in [6.07, 6.45) is 3.95. The van der Waals surface area contributed by atoms with E-state index in [1.807, 2.05) is 29.5 Å². The second-order valence-corrected chi connectivity index (χ2v) is 12.0. The molecule has 0 saturated carbocycles. The van der Waals surface area contributed by atoms with Crippen LogP contribution in [0.2, 0.25) is 0 Å². The van der Waals surface area contributed by atoms with E-state index in [4.69, 9.17) is 8.92 Å². The van der Waals surface area contributed by atoms with Gasteiger partial charge in [0, 0.05) is 41.3 Å². The minimum absolute atomic E-state index is 0.0370. The van der Waals surface area contributed by atoms with Crippen molar-refractivity contribution in [3.8, 4) is 11.5 Å². The Bertz CT molecular complexity index is 1400. The molecule has 0 bridgehead atoms.